The van der Waals surface area contributed by atoms with Gasteiger partial charge in [-0.25, -0.2) is 0 Å². The number of carbonyl (C=O) groups is 2. The molecule has 0 unspecified atom stereocenters. The highest BCUT2D eigenvalue weighted by atomic mass is 16.3. The summed E-state index contributed by atoms with van der Waals surface area (Å²) in [6.45, 7) is 4.60. The van der Waals surface area contributed by atoms with Crippen molar-refractivity contribution in [2.45, 2.75) is 45.8 Å². The van der Waals surface area contributed by atoms with E-state index in [9.17, 15) is 19.5 Å². The van der Waals surface area contributed by atoms with Crippen molar-refractivity contribution in [2.75, 3.05) is 7.05 Å². The predicted octanol–water partition coefficient (Wildman–Crippen LogP) is 1.82. The number of nitrogens with zero attached hydrogens (tertiary/aromatic N) is 5. The van der Waals surface area contributed by atoms with Gasteiger partial charge in [-0.15, -0.1) is 0 Å². The van der Waals surface area contributed by atoms with Crippen LogP contribution in [0.15, 0.2) is 41.6 Å². The van der Waals surface area contributed by atoms with Gasteiger partial charge in [-0.3, -0.25) is 23.9 Å². The number of likely N-dealkylation sites (N-methyl/N-ethyl adjacent to an activating group) is 1. The maximum atomic E-state index is 13.3. The van der Waals surface area contributed by atoms with Gasteiger partial charge in [-0.2, -0.15) is 9.61 Å². The molecule has 2 amide bonds. The highest BCUT2D eigenvalue weighted by molar-refractivity contribution is 5.97. The summed E-state index contributed by atoms with van der Waals surface area (Å²) in [6, 6.07) is 3.73. The highest BCUT2D eigenvalue weighted by Crippen LogP contribution is 2.23. The summed E-state index contributed by atoms with van der Waals surface area (Å²) >= 11 is 0. The molecule has 178 valence electrons. The first kappa shape index (κ1) is 23.2. The number of fused-ring (bicyclic) bond motifs is 1. The zero-order valence-electron chi connectivity index (χ0n) is 19.4. The molecule has 3 aromatic heterocycles. The first-order valence-corrected chi connectivity index (χ1v) is 11.2. The zero-order valence-corrected chi connectivity index (χ0v) is 19.4. The average molecular weight is 465 g/mol. The summed E-state index contributed by atoms with van der Waals surface area (Å²) in [6.07, 6.45) is 9.49. The Kier molecular flexibility index (Phi) is 6.49. The summed E-state index contributed by atoms with van der Waals surface area (Å²) in [5.74, 6) is -1.28. The minimum absolute atomic E-state index is 0.0336. The first-order chi connectivity index (χ1) is 16.3. The molecule has 0 spiro atoms. The van der Waals surface area contributed by atoms with Gasteiger partial charge in [-0.05, 0) is 36.5 Å². The van der Waals surface area contributed by atoms with Crippen molar-refractivity contribution < 1.29 is 14.7 Å². The predicted molar refractivity (Wildman–Crippen MR) is 126 cm³/mol. The van der Waals surface area contributed by atoms with Gasteiger partial charge in [0.15, 0.2) is 5.56 Å². The molecule has 3 aromatic rings. The second-order valence-electron chi connectivity index (χ2n) is 8.98. The number of amides is 2. The standard InChI is InChI=1S/C24H28N6O4/c1-15(2)13-29-22-17(6-9-19(31)28(3)14-16-5-4-10-25-11-16)12-26-30(22)24(34)20(23(29)33)21(32)27-18-7-8-18/h4-6,9-12,15,18,34H,7-8,13-14H2,1-3H3,(H,27,32). The van der Waals surface area contributed by atoms with E-state index in [0.717, 1.165) is 18.4 Å². The van der Waals surface area contributed by atoms with Crippen LogP contribution in [0.1, 0.15) is 48.2 Å². The molecule has 10 heteroatoms. The normalized spacial score (nSPS) is 13.6. The Morgan fingerprint density at radius 1 is 1.32 bits per heavy atom. The maximum Gasteiger partial charge on any atom is 0.270 e. The van der Waals surface area contributed by atoms with E-state index in [2.05, 4.69) is 15.4 Å². The topological polar surface area (TPSA) is 122 Å². The molecule has 10 nitrogen and oxygen atoms in total. The molecular weight excluding hydrogens is 436 g/mol. The minimum Gasteiger partial charge on any atom is -0.492 e. The van der Waals surface area contributed by atoms with E-state index >= 15 is 0 Å². The first-order valence-electron chi connectivity index (χ1n) is 11.2. The summed E-state index contributed by atoms with van der Waals surface area (Å²) in [7, 11) is 1.68. The Bertz CT molecular complexity index is 1300. The van der Waals surface area contributed by atoms with Crippen LogP contribution in [0, 0.1) is 5.92 Å². The van der Waals surface area contributed by atoms with E-state index < -0.39 is 17.3 Å². The molecule has 4 rings (SSSR count). The SMILES string of the molecule is CC(C)Cn1c(=O)c(C(=O)NC2CC2)c(O)n2ncc(C=CC(=O)N(C)Cc3cccnc3)c12. The van der Waals surface area contributed by atoms with Crippen LogP contribution >= 0.6 is 0 Å². The Morgan fingerprint density at radius 3 is 2.74 bits per heavy atom. The van der Waals surface area contributed by atoms with Gasteiger partial charge in [0.1, 0.15) is 5.65 Å². The Hall–Kier alpha value is -3.95. The number of rotatable bonds is 8. The number of pyridine rings is 1. The molecule has 0 atom stereocenters. The summed E-state index contributed by atoms with van der Waals surface area (Å²) in [5.41, 5.74) is 0.775. The van der Waals surface area contributed by atoms with Crippen molar-refractivity contribution in [1.82, 2.24) is 29.4 Å². The minimum atomic E-state index is -0.607. The van der Waals surface area contributed by atoms with Gasteiger partial charge in [-0.1, -0.05) is 19.9 Å². The largest absolute Gasteiger partial charge is 0.492 e. The fourth-order valence-corrected chi connectivity index (χ4v) is 3.68. The highest BCUT2D eigenvalue weighted by Gasteiger charge is 2.29. The Labute approximate surface area is 196 Å². The molecule has 0 aromatic carbocycles. The number of aromatic nitrogens is 4. The van der Waals surface area contributed by atoms with Crippen LogP contribution in [-0.2, 0) is 17.9 Å². The molecule has 2 N–H and O–H groups in total. The molecule has 0 saturated heterocycles. The lowest BCUT2D eigenvalue weighted by Gasteiger charge is -2.16. The van der Waals surface area contributed by atoms with Crippen LogP contribution in [-0.4, -0.2) is 54.1 Å². The summed E-state index contributed by atoms with van der Waals surface area (Å²) in [5, 5.41) is 17.7. The third kappa shape index (κ3) is 4.85. The third-order valence-corrected chi connectivity index (χ3v) is 5.52. The lowest BCUT2D eigenvalue weighted by atomic mass is 10.2. The number of aromatic hydroxyl groups is 1. The van der Waals surface area contributed by atoms with Gasteiger partial charge in [0.05, 0.1) is 6.20 Å². The van der Waals surface area contributed by atoms with Crippen LogP contribution in [0.4, 0.5) is 0 Å². The molecule has 1 saturated carbocycles. The van der Waals surface area contributed by atoms with Crippen LogP contribution in [0.25, 0.3) is 11.7 Å². The third-order valence-electron chi connectivity index (χ3n) is 5.52. The van der Waals surface area contributed by atoms with Gasteiger partial charge < -0.3 is 15.3 Å². The lowest BCUT2D eigenvalue weighted by Crippen LogP contribution is -2.36. The fourth-order valence-electron chi connectivity index (χ4n) is 3.68. The molecule has 1 aliphatic rings. The van der Waals surface area contributed by atoms with Crippen molar-refractivity contribution in [3.63, 3.8) is 0 Å². The number of nitrogens with one attached hydrogen (secondary N) is 1. The van der Waals surface area contributed by atoms with Crippen molar-refractivity contribution in [1.29, 1.82) is 0 Å². The van der Waals surface area contributed by atoms with Crippen molar-refractivity contribution in [3.05, 3.63) is 63.8 Å². The molecule has 34 heavy (non-hydrogen) atoms. The van der Waals surface area contributed by atoms with Crippen LogP contribution < -0.4 is 10.9 Å². The van der Waals surface area contributed by atoms with Gasteiger partial charge >= 0.3 is 0 Å². The van der Waals surface area contributed by atoms with E-state index in [4.69, 9.17) is 0 Å². The van der Waals surface area contributed by atoms with Crippen molar-refractivity contribution in [2.24, 2.45) is 5.92 Å². The van der Waals surface area contributed by atoms with Crippen LogP contribution in [0.5, 0.6) is 5.88 Å². The number of hydrogen-bond donors (Lipinski definition) is 2. The monoisotopic (exact) mass is 464 g/mol. The van der Waals surface area contributed by atoms with Gasteiger partial charge in [0.25, 0.3) is 11.5 Å². The van der Waals surface area contributed by atoms with Crippen molar-refractivity contribution >= 4 is 23.5 Å². The molecule has 0 radical (unpaired) electrons. The van der Waals surface area contributed by atoms with E-state index in [1.807, 2.05) is 26.0 Å². The van der Waals surface area contributed by atoms with Gasteiger partial charge in [0.2, 0.25) is 11.8 Å². The van der Waals surface area contributed by atoms with Crippen LogP contribution in [0.3, 0.4) is 0 Å². The van der Waals surface area contributed by atoms with Crippen molar-refractivity contribution in [3.8, 4) is 5.88 Å². The van der Waals surface area contributed by atoms with E-state index in [0.29, 0.717) is 24.3 Å². The summed E-state index contributed by atoms with van der Waals surface area (Å²) < 4.78 is 2.61. The molecule has 3 heterocycles. The smallest absolute Gasteiger partial charge is 0.270 e. The molecule has 1 aliphatic carbocycles. The maximum absolute atomic E-state index is 13.3. The fraction of sp³-hybridized carbons (Fsp3) is 0.375. The van der Waals surface area contributed by atoms with Gasteiger partial charge in [0, 0.05) is 50.2 Å². The zero-order chi connectivity index (χ0) is 24.4. The quantitative estimate of drug-likeness (QED) is 0.491. The Morgan fingerprint density at radius 2 is 2.09 bits per heavy atom. The van der Waals surface area contributed by atoms with E-state index in [1.165, 1.54) is 26.3 Å². The van der Waals surface area contributed by atoms with Crippen LogP contribution in [0.2, 0.25) is 0 Å². The molecule has 0 aliphatic heterocycles. The molecular formula is C24H28N6O4. The second-order valence-corrected chi connectivity index (χ2v) is 8.98. The Balaban J connectivity index is 1.68. The summed E-state index contributed by atoms with van der Waals surface area (Å²) in [4.78, 5) is 44.2. The second kappa shape index (κ2) is 9.50. The van der Waals surface area contributed by atoms with E-state index in [-0.39, 0.29) is 23.4 Å². The number of hydrogen-bond acceptors (Lipinski definition) is 6. The molecule has 1 fully saturated rings. The lowest BCUT2D eigenvalue weighted by molar-refractivity contribution is -0.125. The van der Waals surface area contributed by atoms with E-state index in [1.54, 1.807) is 25.5 Å². The average Bonchev–Trinajstić information content (AvgIpc) is 3.50. The molecule has 0 bridgehead atoms. The number of carbonyl (C=O) groups excluding carboxylic acids is 2.